The van der Waals surface area contributed by atoms with Crippen LogP contribution in [0.1, 0.15) is 20.3 Å². The summed E-state index contributed by atoms with van der Waals surface area (Å²) in [5.74, 6) is 0. The van der Waals surface area contributed by atoms with Crippen LogP contribution in [0.2, 0.25) is 0 Å². The van der Waals surface area contributed by atoms with Crippen LogP contribution in [0.15, 0.2) is 0 Å². The Kier molecular flexibility index (Phi) is 1.35. The van der Waals surface area contributed by atoms with E-state index in [4.69, 9.17) is 4.74 Å². The lowest BCUT2D eigenvalue weighted by Gasteiger charge is -2.29. The first-order valence-electron chi connectivity index (χ1n) is 3.07. The Labute approximate surface area is 54.4 Å². The Bertz CT molecular complexity index is 131. The van der Waals surface area contributed by atoms with E-state index in [2.05, 4.69) is 5.32 Å². The molecule has 0 spiro atoms. The number of cyclic esters (lactones) is 1. The molecule has 0 radical (unpaired) electrons. The maximum Gasteiger partial charge on any atom is 0.407 e. The Balaban J connectivity index is 2.51. The first-order chi connectivity index (χ1) is 4.10. The molecule has 1 saturated heterocycles. The van der Waals surface area contributed by atoms with Gasteiger partial charge in [-0.05, 0) is 13.8 Å². The van der Waals surface area contributed by atoms with Gasteiger partial charge in [0.05, 0.1) is 0 Å². The molecule has 9 heavy (non-hydrogen) atoms. The fourth-order valence-electron chi connectivity index (χ4n) is 0.804. The largest absolute Gasteiger partial charge is 0.443 e. The first-order valence-corrected chi connectivity index (χ1v) is 3.07. The summed E-state index contributed by atoms with van der Waals surface area (Å²) in [7, 11) is 0. The molecule has 0 aromatic carbocycles. The summed E-state index contributed by atoms with van der Waals surface area (Å²) in [5, 5.41) is 2.58. The zero-order valence-electron chi connectivity index (χ0n) is 5.73. The second kappa shape index (κ2) is 1.90. The summed E-state index contributed by atoms with van der Waals surface area (Å²) in [4.78, 5) is 10.5. The number of ether oxygens (including phenoxy) is 1. The van der Waals surface area contributed by atoms with Crippen molar-refractivity contribution in [2.24, 2.45) is 0 Å². The number of amides is 1. The molecule has 1 aliphatic rings. The van der Waals surface area contributed by atoms with Gasteiger partial charge < -0.3 is 10.1 Å². The lowest BCUT2D eigenvalue weighted by atomic mass is 10.0. The monoisotopic (exact) mass is 129 g/mol. The zero-order valence-corrected chi connectivity index (χ0v) is 5.73. The van der Waals surface area contributed by atoms with Gasteiger partial charge in [-0.2, -0.15) is 0 Å². The van der Waals surface area contributed by atoms with Gasteiger partial charge in [-0.1, -0.05) is 0 Å². The SMILES string of the molecule is CC1(C)CCNC(=O)O1. The Hall–Kier alpha value is -0.730. The quantitative estimate of drug-likeness (QED) is 0.527. The van der Waals surface area contributed by atoms with Gasteiger partial charge >= 0.3 is 6.09 Å². The molecule has 0 saturated carbocycles. The number of carbonyl (C=O) groups excluding carboxylic acids is 1. The number of alkyl carbamates (subject to hydrolysis) is 1. The van der Waals surface area contributed by atoms with E-state index >= 15 is 0 Å². The predicted octanol–water partition coefficient (Wildman–Crippen LogP) is 0.895. The molecule has 1 heterocycles. The molecule has 0 bridgehead atoms. The molecule has 0 atom stereocenters. The van der Waals surface area contributed by atoms with E-state index in [0.29, 0.717) is 0 Å². The topological polar surface area (TPSA) is 38.3 Å². The number of carbonyl (C=O) groups is 1. The highest BCUT2D eigenvalue weighted by molar-refractivity contribution is 5.68. The van der Waals surface area contributed by atoms with Crippen LogP contribution < -0.4 is 5.32 Å². The van der Waals surface area contributed by atoms with Crippen molar-refractivity contribution in [3.8, 4) is 0 Å². The van der Waals surface area contributed by atoms with Crippen molar-refractivity contribution in [3.05, 3.63) is 0 Å². The summed E-state index contributed by atoms with van der Waals surface area (Å²) in [6.07, 6.45) is 0.588. The highest BCUT2D eigenvalue weighted by atomic mass is 16.6. The molecule has 1 aliphatic heterocycles. The van der Waals surface area contributed by atoms with E-state index < -0.39 is 0 Å². The predicted molar refractivity (Wildman–Crippen MR) is 33.2 cm³/mol. The van der Waals surface area contributed by atoms with Gasteiger partial charge in [0.15, 0.2) is 0 Å². The van der Waals surface area contributed by atoms with Crippen LogP contribution in [0.25, 0.3) is 0 Å². The lowest BCUT2D eigenvalue weighted by molar-refractivity contribution is 0.0148. The van der Waals surface area contributed by atoms with Gasteiger partial charge in [0.1, 0.15) is 5.60 Å². The number of nitrogens with one attached hydrogen (secondary N) is 1. The first kappa shape index (κ1) is 6.39. The van der Waals surface area contributed by atoms with E-state index in [1.807, 2.05) is 13.8 Å². The minimum absolute atomic E-state index is 0.262. The van der Waals surface area contributed by atoms with Crippen LogP contribution in [-0.4, -0.2) is 18.2 Å². The molecule has 0 unspecified atom stereocenters. The van der Waals surface area contributed by atoms with Gasteiger partial charge in [0.25, 0.3) is 0 Å². The molecule has 1 fully saturated rings. The molecule has 3 heteroatoms. The normalized spacial score (nSPS) is 24.4. The number of hydrogen-bond donors (Lipinski definition) is 1. The molecule has 52 valence electrons. The fraction of sp³-hybridized carbons (Fsp3) is 0.833. The van der Waals surface area contributed by atoms with Gasteiger partial charge in [0, 0.05) is 13.0 Å². The summed E-state index contributed by atoms with van der Waals surface area (Å²) >= 11 is 0. The van der Waals surface area contributed by atoms with Crippen molar-refractivity contribution >= 4 is 6.09 Å². The van der Waals surface area contributed by atoms with Gasteiger partial charge in [-0.15, -0.1) is 0 Å². The third-order valence-electron chi connectivity index (χ3n) is 1.37. The summed E-state index contributed by atoms with van der Waals surface area (Å²) in [5.41, 5.74) is -0.262. The molecule has 0 aliphatic carbocycles. The van der Waals surface area contributed by atoms with E-state index in [9.17, 15) is 4.79 Å². The van der Waals surface area contributed by atoms with Crippen LogP contribution >= 0.6 is 0 Å². The third-order valence-corrected chi connectivity index (χ3v) is 1.37. The average molecular weight is 129 g/mol. The lowest BCUT2D eigenvalue weighted by Crippen LogP contribution is -2.43. The molecule has 1 rings (SSSR count). The molecular weight excluding hydrogens is 118 g/mol. The number of rotatable bonds is 0. The number of hydrogen-bond acceptors (Lipinski definition) is 2. The van der Waals surface area contributed by atoms with E-state index in [-0.39, 0.29) is 11.7 Å². The molecular formula is C6H11NO2. The minimum Gasteiger partial charge on any atom is -0.443 e. The molecule has 0 aromatic heterocycles. The Morgan fingerprint density at radius 2 is 2.33 bits per heavy atom. The van der Waals surface area contributed by atoms with Crippen molar-refractivity contribution < 1.29 is 9.53 Å². The smallest absolute Gasteiger partial charge is 0.407 e. The van der Waals surface area contributed by atoms with Crippen LogP contribution in [0, 0.1) is 0 Å². The molecule has 3 nitrogen and oxygen atoms in total. The second-order valence-corrected chi connectivity index (χ2v) is 2.83. The Morgan fingerprint density at radius 3 is 2.67 bits per heavy atom. The van der Waals surface area contributed by atoms with Crippen LogP contribution in [0.5, 0.6) is 0 Å². The van der Waals surface area contributed by atoms with Crippen LogP contribution in [-0.2, 0) is 4.74 Å². The highest BCUT2D eigenvalue weighted by Crippen LogP contribution is 2.16. The van der Waals surface area contributed by atoms with Crippen molar-refractivity contribution in [3.63, 3.8) is 0 Å². The third kappa shape index (κ3) is 1.59. The van der Waals surface area contributed by atoms with Crippen molar-refractivity contribution in [1.82, 2.24) is 5.32 Å². The molecule has 1 N–H and O–H groups in total. The average Bonchev–Trinajstić information content (AvgIpc) is 1.60. The maximum atomic E-state index is 10.5. The standard InChI is InChI=1S/C6H11NO2/c1-6(2)3-4-7-5(8)9-6/h3-4H2,1-2H3,(H,7,8). The molecule has 0 aromatic rings. The van der Waals surface area contributed by atoms with Gasteiger partial charge in [-0.3, -0.25) is 0 Å². The maximum absolute atomic E-state index is 10.5. The van der Waals surface area contributed by atoms with Crippen molar-refractivity contribution in [1.29, 1.82) is 0 Å². The zero-order chi connectivity index (χ0) is 6.91. The summed E-state index contributed by atoms with van der Waals surface area (Å²) < 4.78 is 4.92. The molecule has 1 amide bonds. The van der Waals surface area contributed by atoms with E-state index in [1.165, 1.54) is 0 Å². The van der Waals surface area contributed by atoms with Crippen LogP contribution in [0.4, 0.5) is 4.79 Å². The van der Waals surface area contributed by atoms with Gasteiger partial charge in [0.2, 0.25) is 0 Å². The fourth-order valence-corrected chi connectivity index (χ4v) is 0.804. The second-order valence-electron chi connectivity index (χ2n) is 2.83. The summed E-state index contributed by atoms with van der Waals surface area (Å²) in [6, 6.07) is 0. The van der Waals surface area contributed by atoms with E-state index in [0.717, 1.165) is 13.0 Å². The van der Waals surface area contributed by atoms with Gasteiger partial charge in [-0.25, -0.2) is 4.79 Å². The van der Waals surface area contributed by atoms with E-state index in [1.54, 1.807) is 0 Å². The minimum atomic E-state index is -0.300. The summed E-state index contributed by atoms with van der Waals surface area (Å²) in [6.45, 7) is 4.54. The highest BCUT2D eigenvalue weighted by Gasteiger charge is 2.26. The Morgan fingerprint density at radius 1 is 1.67 bits per heavy atom. The van der Waals surface area contributed by atoms with Crippen molar-refractivity contribution in [2.45, 2.75) is 25.9 Å². The van der Waals surface area contributed by atoms with Crippen molar-refractivity contribution in [2.75, 3.05) is 6.54 Å². The van der Waals surface area contributed by atoms with Crippen LogP contribution in [0.3, 0.4) is 0 Å².